The summed E-state index contributed by atoms with van der Waals surface area (Å²) in [5.74, 6) is 0. The maximum Gasteiger partial charge on any atom is 0.0626 e. The van der Waals surface area contributed by atoms with Crippen LogP contribution in [-0.2, 0) is 0 Å². The van der Waals surface area contributed by atoms with Crippen molar-refractivity contribution in [1.82, 2.24) is 0 Å². The molecule has 0 aliphatic rings. The van der Waals surface area contributed by atoms with E-state index in [-0.39, 0.29) is 5.25 Å². The third kappa shape index (κ3) is 2.64. The number of hydrogen-bond donors (Lipinski definition) is 3. The Bertz CT molecular complexity index is 339. The fraction of sp³-hybridized carbons (Fsp3) is 0.182. The van der Waals surface area contributed by atoms with E-state index in [1.807, 2.05) is 31.2 Å². The zero-order valence-electron chi connectivity index (χ0n) is 8.07. The van der Waals surface area contributed by atoms with Gasteiger partial charge in [0, 0.05) is 5.25 Å². The molecule has 0 spiro atoms. The van der Waals surface area contributed by atoms with E-state index in [2.05, 4.69) is 12.6 Å². The van der Waals surface area contributed by atoms with Crippen LogP contribution in [0.3, 0.4) is 0 Å². The SMILES string of the molecule is CC(S)c1ccc(C(=N)/C=C\N)cc1. The number of rotatable bonds is 3. The van der Waals surface area contributed by atoms with Crippen LogP contribution in [0, 0.1) is 5.41 Å². The normalized spacial score (nSPS) is 13.0. The van der Waals surface area contributed by atoms with E-state index in [0.29, 0.717) is 5.71 Å². The highest BCUT2D eigenvalue weighted by Gasteiger charge is 2.00. The summed E-state index contributed by atoms with van der Waals surface area (Å²) in [6.45, 7) is 2.02. The molecule has 0 aliphatic heterocycles. The molecule has 1 unspecified atom stereocenters. The summed E-state index contributed by atoms with van der Waals surface area (Å²) in [6.07, 6.45) is 2.94. The lowest BCUT2D eigenvalue weighted by molar-refractivity contribution is 1.11. The van der Waals surface area contributed by atoms with Gasteiger partial charge in [-0.2, -0.15) is 12.6 Å². The number of thiol groups is 1. The monoisotopic (exact) mass is 206 g/mol. The van der Waals surface area contributed by atoms with Crippen molar-refractivity contribution in [1.29, 1.82) is 5.41 Å². The van der Waals surface area contributed by atoms with Crippen LogP contribution in [0.5, 0.6) is 0 Å². The van der Waals surface area contributed by atoms with Gasteiger partial charge in [0.15, 0.2) is 0 Å². The summed E-state index contributed by atoms with van der Waals surface area (Å²) in [5, 5.41) is 7.85. The summed E-state index contributed by atoms with van der Waals surface area (Å²) in [7, 11) is 0. The van der Waals surface area contributed by atoms with Crippen LogP contribution in [0.2, 0.25) is 0 Å². The molecule has 0 aliphatic carbocycles. The summed E-state index contributed by atoms with van der Waals surface area (Å²) in [6, 6.07) is 7.77. The molecule has 0 fully saturated rings. The Hall–Kier alpha value is -1.22. The Labute approximate surface area is 89.7 Å². The average molecular weight is 206 g/mol. The molecule has 0 aromatic heterocycles. The second-order valence-electron chi connectivity index (χ2n) is 3.07. The Morgan fingerprint density at radius 1 is 1.43 bits per heavy atom. The molecule has 1 rings (SSSR count). The van der Waals surface area contributed by atoms with Gasteiger partial charge in [0.05, 0.1) is 5.71 Å². The second-order valence-corrected chi connectivity index (χ2v) is 3.85. The highest BCUT2D eigenvalue weighted by atomic mass is 32.1. The van der Waals surface area contributed by atoms with Crippen molar-refractivity contribution in [3.63, 3.8) is 0 Å². The maximum absolute atomic E-state index is 7.62. The zero-order chi connectivity index (χ0) is 10.6. The minimum Gasteiger partial charge on any atom is -0.405 e. The first-order valence-corrected chi connectivity index (χ1v) is 4.92. The molecule has 0 heterocycles. The van der Waals surface area contributed by atoms with E-state index < -0.39 is 0 Å². The fourth-order valence-corrected chi connectivity index (χ4v) is 1.31. The van der Waals surface area contributed by atoms with Crippen LogP contribution in [0.25, 0.3) is 0 Å². The van der Waals surface area contributed by atoms with E-state index >= 15 is 0 Å². The van der Waals surface area contributed by atoms with Crippen molar-refractivity contribution in [2.24, 2.45) is 5.73 Å². The lowest BCUT2D eigenvalue weighted by atomic mass is 10.1. The van der Waals surface area contributed by atoms with Crippen LogP contribution >= 0.6 is 12.6 Å². The highest BCUT2D eigenvalue weighted by molar-refractivity contribution is 7.80. The van der Waals surface area contributed by atoms with E-state index in [0.717, 1.165) is 11.1 Å². The molecule has 3 N–H and O–H groups in total. The number of nitrogens with two attached hydrogens (primary N) is 1. The Balaban J connectivity index is 2.88. The molecule has 0 bridgehead atoms. The van der Waals surface area contributed by atoms with Gasteiger partial charge in [0.2, 0.25) is 0 Å². The van der Waals surface area contributed by atoms with E-state index in [9.17, 15) is 0 Å². The van der Waals surface area contributed by atoms with E-state index in [4.69, 9.17) is 11.1 Å². The molecule has 2 nitrogen and oxygen atoms in total. The first-order chi connectivity index (χ1) is 6.65. The summed E-state index contributed by atoms with van der Waals surface area (Å²) in [4.78, 5) is 0. The third-order valence-electron chi connectivity index (χ3n) is 1.97. The van der Waals surface area contributed by atoms with Gasteiger partial charge >= 0.3 is 0 Å². The van der Waals surface area contributed by atoms with Crippen molar-refractivity contribution in [3.05, 3.63) is 47.7 Å². The quantitative estimate of drug-likeness (QED) is 0.516. The summed E-state index contributed by atoms with van der Waals surface area (Å²) < 4.78 is 0. The molecule has 1 atom stereocenters. The van der Waals surface area contributed by atoms with Gasteiger partial charge in [-0.3, -0.25) is 0 Å². The van der Waals surface area contributed by atoms with Crippen LogP contribution in [0.1, 0.15) is 23.3 Å². The molecule has 0 saturated carbocycles. The molecule has 3 heteroatoms. The lowest BCUT2D eigenvalue weighted by Gasteiger charge is -2.05. The predicted octanol–water partition coefficient (Wildman–Crippen LogP) is 2.52. The first kappa shape index (κ1) is 10.9. The number of benzene rings is 1. The van der Waals surface area contributed by atoms with Gasteiger partial charge < -0.3 is 11.1 Å². The molecule has 0 radical (unpaired) electrons. The Morgan fingerprint density at radius 3 is 2.43 bits per heavy atom. The van der Waals surface area contributed by atoms with Gasteiger partial charge in [0.1, 0.15) is 0 Å². The maximum atomic E-state index is 7.62. The first-order valence-electron chi connectivity index (χ1n) is 4.40. The van der Waals surface area contributed by atoms with Crippen molar-refractivity contribution >= 4 is 18.3 Å². The van der Waals surface area contributed by atoms with Crippen molar-refractivity contribution in [3.8, 4) is 0 Å². The fourth-order valence-electron chi connectivity index (χ4n) is 1.13. The Morgan fingerprint density at radius 2 is 2.00 bits per heavy atom. The number of allylic oxidation sites excluding steroid dienone is 1. The van der Waals surface area contributed by atoms with Crippen molar-refractivity contribution < 1.29 is 0 Å². The van der Waals surface area contributed by atoms with Crippen LogP contribution in [0.15, 0.2) is 36.5 Å². The van der Waals surface area contributed by atoms with Gasteiger partial charge in [0.25, 0.3) is 0 Å². The molecule has 74 valence electrons. The second kappa shape index (κ2) is 4.86. The molecule has 0 amide bonds. The Kier molecular flexibility index (Phi) is 3.77. The standard InChI is InChI=1S/C11H14N2S/c1-8(14)9-2-4-10(5-3-9)11(13)6-7-12/h2-8,13-14H,12H2,1H3/b7-6-,13-11?. The lowest BCUT2D eigenvalue weighted by Crippen LogP contribution is -1.96. The molecule has 0 saturated heterocycles. The van der Waals surface area contributed by atoms with Crippen LogP contribution in [0.4, 0.5) is 0 Å². The largest absolute Gasteiger partial charge is 0.405 e. The van der Waals surface area contributed by atoms with Crippen molar-refractivity contribution in [2.45, 2.75) is 12.2 Å². The average Bonchev–Trinajstić information content (AvgIpc) is 2.18. The zero-order valence-corrected chi connectivity index (χ0v) is 8.96. The van der Waals surface area contributed by atoms with Gasteiger partial charge in [-0.15, -0.1) is 0 Å². The molecule has 1 aromatic carbocycles. The van der Waals surface area contributed by atoms with Gasteiger partial charge in [-0.25, -0.2) is 0 Å². The van der Waals surface area contributed by atoms with Crippen LogP contribution < -0.4 is 5.73 Å². The topological polar surface area (TPSA) is 49.9 Å². The smallest absolute Gasteiger partial charge is 0.0626 e. The summed E-state index contributed by atoms with van der Waals surface area (Å²) in [5.41, 5.74) is 7.65. The molecular weight excluding hydrogens is 192 g/mol. The van der Waals surface area contributed by atoms with Crippen LogP contribution in [-0.4, -0.2) is 5.71 Å². The number of hydrogen-bond acceptors (Lipinski definition) is 3. The summed E-state index contributed by atoms with van der Waals surface area (Å²) >= 11 is 4.33. The van der Waals surface area contributed by atoms with Crippen molar-refractivity contribution in [2.75, 3.05) is 0 Å². The molecular formula is C11H14N2S. The minimum absolute atomic E-state index is 0.225. The van der Waals surface area contributed by atoms with E-state index in [1.165, 1.54) is 6.20 Å². The predicted molar refractivity (Wildman–Crippen MR) is 64.0 cm³/mol. The third-order valence-corrected chi connectivity index (χ3v) is 2.27. The van der Waals surface area contributed by atoms with Gasteiger partial charge in [-0.1, -0.05) is 24.3 Å². The van der Waals surface area contributed by atoms with Gasteiger partial charge in [-0.05, 0) is 30.3 Å². The van der Waals surface area contributed by atoms with E-state index in [1.54, 1.807) is 6.08 Å². The molecule has 14 heavy (non-hydrogen) atoms. The number of nitrogens with one attached hydrogen (secondary N) is 1. The minimum atomic E-state index is 0.225. The molecule has 1 aromatic rings. The highest BCUT2D eigenvalue weighted by Crippen LogP contribution is 2.18.